The smallest absolute Gasteiger partial charge is 0.163 e. The third-order valence-corrected chi connectivity index (χ3v) is 3.41. The molecule has 0 saturated carbocycles. The molecule has 0 saturated heterocycles. The van der Waals surface area contributed by atoms with Crippen LogP contribution < -0.4 is 0 Å². The molecule has 0 aliphatic heterocycles. The van der Waals surface area contributed by atoms with Gasteiger partial charge in [-0.25, -0.2) is 0 Å². The second kappa shape index (κ2) is 4.19. The zero-order valence-corrected chi connectivity index (χ0v) is 9.49. The topological polar surface area (TPSA) is 40.9 Å². The maximum atomic E-state index is 11.5. The van der Waals surface area contributed by atoms with Gasteiger partial charge in [-0.3, -0.25) is 10.2 Å². The minimum absolute atomic E-state index is 0.223. The molecule has 0 bridgehead atoms. The summed E-state index contributed by atoms with van der Waals surface area (Å²) in [4.78, 5) is 11.5. The molecule has 78 valence electrons. The fourth-order valence-corrected chi connectivity index (χ4v) is 2.56. The second-order valence-corrected chi connectivity index (χ2v) is 4.79. The summed E-state index contributed by atoms with van der Waals surface area (Å²) in [5.74, 6) is 1.12. The number of rotatable bonds is 2. The Hall–Kier alpha value is -1.09. The molecule has 1 aliphatic rings. The number of fused-ring (bicyclic) bond motifs is 1. The maximum Gasteiger partial charge on any atom is 0.163 e. The quantitative estimate of drug-likeness (QED) is 0.613. The van der Waals surface area contributed by atoms with Crippen LogP contribution in [-0.2, 0) is 6.42 Å². The van der Waals surface area contributed by atoms with Crippen LogP contribution >= 0.6 is 11.8 Å². The van der Waals surface area contributed by atoms with Crippen molar-refractivity contribution >= 4 is 22.6 Å². The first kappa shape index (κ1) is 10.4. The average molecular weight is 219 g/mol. The number of carbonyl (C=O) groups is 1. The molecule has 2 nitrogen and oxygen atoms in total. The van der Waals surface area contributed by atoms with Crippen LogP contribution in [-0.4, -0.2) is 16.6 Å². The largest absolute Gasteiger partial charge is 0.294 e. The number of nitrogens with one attached hydrogen (secondary N) is 1. The van der Waals surface area contributed by atoms with Crippen molar-refractivity contribution in [2.75, 3.05) is 5.75 Å². The zero-order valence-electron chi connectivity index (χ0n) is 8.67. The number of Topliss-reactive ketones (excluding diaryl/α,β-unsaturated/α-hetero) is 1. The molecule has 0 fully saturated rings. The van der Waals surface area contributed by atoms with Crippen LogP contribution in [0.15, 0.2) is 18.2 Å². The lowest BCUT2D eigenvalue weighted by atomic mass is 10.0. The van der Waals surface area contributed by atoms with Crippen molar-refractivity contribution in [2.45, 2.75) is 19.8 Å². The summed E-state index contributed by atoms with van der Waals surface area (Å²) in [5, 5.41) is 8.50. The number of carbonyl (C=O) groups excluding carboxylic acids is 1. The van der Waals surface area contributed by atoms with Crippen LogP contribution in [0.1, 0.15) is 34.8 Å². The summed E-state index contributed by atoms with van der Waals surface area (Å²) in [6, 6.07) is 5.70. The maximum absolute atomic E-state index is 11.5. The van der Waals surface area contributed by atoms with Crippen LogP contribution in [0.2, 0.25) is 0 Å². The van der Waals surface area contributed by atoms with Gasteiger partial charge < -0.3 is 0 Å². The van der Waals surface area contributed by atoms with Crippen molar-refractivity contribution < 1.29 is 4.79 Å². The SMILES string of the molecule is CCSC(=N)c1cccc2c1CCC2=O. The predicted molar refractivity (Wildman–Crippen MR) is 64.1 cm³/mol. The van der Waals surface area contributed by atoms with E-state index in [0.29, 0.717) is 11.5 Å². The Morgan fingerprint density at radius 2 is 2.27 bits per heavy atom. The number of thioether (sulfide) groups is 1. The summed E-state index contributed by atoms with van der Waals surface area (Å²) < 4.78 is 0. The van der Waals surface area contributed by atoms with E-state index < -0.39 is 0 Å². The molecule has 1 aromatic rings. The van der Waals surface area contributed by atoms with Crippen molar-refractivity contribution in [1.29, 1.82) is 5.41 Å². The van der Waals surface area contributed by atoms with Gasteiger partial charge in [0.15, 0.2) is 5.78 Å². The van der Waals surface area contributed by atoms with Gasteiger partial charge in [0.1, 0.15) is 0 Å². The lowest BCUT2D eigenvalue weighted by Gasteiger charge is -2.07. The summed E-state index contributed by atoms with van der Waals surface area (Å²) in [5.41, 5.74) is 2.85. The van der Waals surface area contributed by atoms with E-state index in [1.165, 1.54) is 11.8 Å². The van der Waals surface area contributed by atoms with Gasteiger partial charge in [0.25, 0.3) is 0 Å². The highest BCUT2D eigenvalue weighted by atomic mass is 32.2. The first-order valence-corrected chi connectivity index (χ1v) is 6.09. The summed E-state index contributed by atoms with van der Waals surface area (Å²) in [7, 11) is 0. The molecule has 0 heterocycles. The first-order valence-electron chi connectivity index (χ1n) is 5.11. The van der Waals surface area contributed by atoms with Gasteiger partial charge in [-0.15, -0.1) is 11.8 Å². The lowest BCUT2D eigenvalue weighted by Crippen LogP contribution is -2.00. The van der Waals surface area contributed by atoms with E-state index in [-0.39, 0.29) is 5.78 Å². The molecule has 0 atom stereocenters. The van der Waals surface area contributed by atoms with Gasteiger partial charge >= 0.3 is 0 Å². The molecular weight excluding hydrogens is 206 g/mol. The molecular formula is C12H13NOS. The molecule has 0 amide bonds. The van der Waals surface area contributed by atoms with E-state index in [0.717, 1.165) is 28.9 Å². The molecule has 3 heteroatoms. The molecule has 1 aromatic carbocycles. The van der Waals surface area contributed by atoms with Crippen LogP contribution in [0.5, 0.6) is 0 Å². The molecule has 0 unspecified atom stereocenters. The molecule has 1 aliphatic carbocycles. The summed E-state index contributed by atoms with van der Waals surface area (Å²) in [6.45, 7) is 2.04. The number of benzene rings is 1. The van der Waals surface area contributed by atoms with Gasteiger partial charge in [-0.1, -0.05) is 25.1 Å². The van der Waals surface area contributed by atoms with Crippen LogP contribution in [0.4, 0.5) is 0 Å². The van der Waals surface area contributed by atoms with Gasteiger partial charge in [0.05, 0.1) is 5.04 Å². The Kier molecular flexibility index (Phi) is 2.91. The van der Waals surface area contributed by atoms with Gasteiger partial charge in [0.2, 0.25) is 0 Å². The Morgan fingerprint density at radius 1 is 1.47 bits per heavy atom. The van der Waals surface area contributed by atoms with Gasteiger partial charge in [-0.05, 0) is 17.7 Å². The fourth-order valence-electron chi connectivity index (χ4n) is 1.93. The van der Waals surface area contributed by atoms with Crippen LogP contribution in [0.25, 0.3) is 0 Å². The van der Waals surface area contributed by atoms with Crippen molar-refractivity contribution in [3.8, 4) is 0 Å². The lowest BCUT2D eigenvalue weighted by molar-refractivity contribution is 0.0994. The Morgan fingerprint density at radius 3 is 3.00 bits per heavy atom. The van der Waals surface area contributed by atoms with E-state index in [9.17, 15) is 4.79 Å². The number of hydrogen-bond acceptors (Lipinski definition) is 3. The predicted octanol–water partition coefficient (Wildman–Crippen LogP) is 2.89. The third-order valence-electron chi connectivity index (χ3n) is 2.61. The summed E-state index contributed by atoms with van der Waals surface area (Å²) in [6.07, 6.45) is 1.41. The molecule has 15 heavy (non-hydrogen) atoms. The van der Waals surface area contributed by atoms with Gasteiger partial charge in [0, 0.05) is 17.5 Å². The van der Waals surface area contributed by atoms with Crippen molar-refractivity contribution in [1.82, 2.24) is 0 Å². The normalized spacial score (nSPS) is 14.1. The van der Waals surface area contributed by atoms with E-state index in [1.54, 1.807) is 0 Å². The van der Waals surface area contributed by atoms with Gasteiger partial charge in [-0.2, -0.15) is 0 Å². The average Bonchev–Trinajstić information content (AvgIpc) is 2.61. The Bertz CT molecular complexity index is 426. The molecule has 1 N–H and O–H groups in total. The molecule has 0 radical (unpaired) electrons. The van der Waals surface area contributed by atoms with E-state index in [2.05, 4.69) is 0 Å². The number of ketones is 1. The van der Waals surface area contributed by atoms with Crippen molar-refractivity contribution in [3.63, 3.8) is 0 Å². The van der Waals surface area contributed by atoms with Crippen LogP contribution in [0.3, 0.4) is 0 Å². The Balaban J connectivity index is 2.42. The molecule has 0 spiro atoms. The second-order valence-electron chi connectivity index (χ2n) is 3.52. The van der Waals surface area contributed by atoms with Crippen LogP contribution in [0, 0.1) is 5.41 Å². The highest BCUT2D eigenvalue weighted by molar-refractivity contribution is 8.14. The standard InChI is InChI=1S/C12H13NOS/c1-2-15-12(13)10-5-3-4-9-8(10)6-7-11(9)14/h3-5,13H,2,6-7H2,1H3. The van der Waals surface area contributed by atoms with E-state index in [4.69, 9.17) is 5.41 Å². The zero-order chi connectivity index (χ0) is 10.8. The van der Waals surface area contributed by atoms with Crippen molar-refractivity contribution in [2.24, 2.45) is 0 Å². The van der Waals surface area contributed by atoms with E-state index in [1.807, 2.05) is 25.1 Å². The third kappa shape index (κ3) is 1.84. The molecule has 2 rings (SSSR count). The van der Waals surface area contributed by atoms with Crippen molar-refractivity contribution in [3.05, 3.63) is 34.9 Å². The number of hydrogen-bond donors (Lipinski definition) is 1. The highest BCUT2D eigenvalue weighted by Gasteiger charge is 2.22. The summed E-state index contributed by atoms with van der Waals surface area (Å²) >= 11 is 1.52. The monoisotopic (exact) mass is 219 g/mol. The first-order chi connectivity index (χ1) is 7.24. The Labute approximate surface area is 93.6 Å². The molecule has 0 aromatic heterocycles. The minimum atomic E-state index is 0.223. The minimum Gasteiger partial charge on any atom is -0.294 e. The fraction of sp³-hybridized carbons (Fsp3) is 0.333. The highest BCUT2D eigenvalue weighted by Crippen LogP contribution is 2.27. The van der Waals surface area contributed by atoms with E-state index >= 15 is 0 Å².